The summed E-state index contributed by atoms with van der Waals surface area (Å²) in [7, 11) is 4.01. The van der Waals surface area contributed by atoms with Gasteiger partial charge in [-0.05, 0) is 14.1 Å². The summed E-state index contributed by atoms with van der Waals surface area (Å²) in [4.78, 5) is 12.7. The van der Waals surface area contributed by atoms with Gasteiger partial charge in [-0.25, -0.2) is 4.79 Å². The van der Waals surface area contributed by atoms with Gasteiger partial charge in [-0.3, -0.25) is 0 Å². The van der Waals surface area contributed by atoms with E-state index in [2.05, 4.69) is 11.5 Å². The molecule has 6 nitrogen and oxygen atoms in total. The van der Waals surface area contributed by atoms with E-state index in [0.717, 1.165) is 12.6 Å². The van der Waals surface area contributed by atoms with Crippen molar-refractivity contribution in [2.24, 2.45) is 0 Å². The smallest absolute Gasteiger partial charge is 0.330 e. The Morgan fingerprint density at radius 3 is 1.89 bits per heavy atom. The molecule has 0 radical (unpaired) electrons. The minimum atomic E-state index is -0.435. The molecule has 6 heteroatoms. The average Bonchev–Trinajstić information content (AvgIpc) is 2.39. The van der Waals surface area contributed by atoms with Crippen LogP contribution < -0.4 is 0 Å². The molecule has 0 aliphatic carbocycles. The molecule has 0 atom stereocenters. The Balaban J connectivity index is 3.03. The van der Waals surface area contributed by atoms with Crippen molar-refractivity contribution in [1.82, 2.24) is 4.90 Å². The summed E-state index contributed by atoms with van der Waals surface area (Å²) in [6.45, 7) is 7.64. The number of hydrogen-bond donors (Lipinski definition) is 0. The lowest BCUT2D eigenvalue weighted by molar-refractivity contribution is -0.139. The van der Waals surface area contributed by atoms with E-state index in [0.29, 0.717) is 39.6 Å². The minimum absolute atomic E-state index is 0.235. The summed E-state index contributed by atoms with van der Waals surface area (Å²) in [6, 6.07) is 0. The number of esters is 1. The van der Waals surface area contributed by atoms with E-state index in [1.807, 2.05) is 14.1 Å². The molecule has 0 spiro atoms. The van der Waals surface area contributed by atoms with E-state index < -0.39 is 5.97 Å². The van der Waals surface area contributed by atoms with Crippen LogP contribution in [0.5, 0.6) is 0 Å². The molecule has 19 heavy (non-hydrogen) atoms. The van der Waals surface area contributed by atoms with Gasteiger partial charge in [-0.1, -0.05) is 6.58 Å². The Morgan fingerprint density at radius 2 is 1.42 bits per heavy atom. The molecule has 0 aromatic heterocycles. The standard InChI is InChI=1S/C13H25NO5/c1-4-13(15)19-12-11-18-10-9-17-8-7-16-6-5-14(2)3/h4H,1,5-12H2,2-3H3. The Morgan fingerprint density at radius 1 is 0.947 bits per heavy atom. The van der Waals surface area contributed by atoms with E-state index in [-0.39, 0.29) is 6.61 Å². The summed E-state index contributed by atoms with van der Waals surface area (Å²) in [5, 5.41) is 0. The van der Waals surface area contributed by atoms with Crippen molar-refractivity contribution in [2.75, 3.05) is 66.9 Å². The Hall–Kier alpha value is -0.950. The van der Waals surface area contributed by atoms with Crippen molar-refractivity contribution in [3.8, 4) is 0 Å². The summed E-state index contributed by atoms with van der Waals surface area (Å²) in [6.07, 6.45) is 1.12. The van der Waals surface area contributed by atoms with Crippen molar-refractivity contribution in [3.63, 3.8) is 0 Å². The molecule has 0 aromatic rings. The lowest BCUT2D eigenvalue weighted by atomic mass is 10.6. The fraction of sp³-hybridized carbons (Fsp3) is 0.769. The summed E-state index contributed by atoms with van der Waals surface area (Å²) >= 11 is 0. The Kier molecular flexibility index (Phi) is 12.8. The van der Waals surface area contributed by atoms with Gasteiger partial charge in [0.05, 0.1) is 39.6 Å². The lowest BCUT2D eigenvalue weighted by Gasteiger charge is -2.10. The molecule has 0 aromatic carbocycles. The van der Waals surface area contributed by atoms with Crippen molar-refractivity contribution in [3.05, 3.63) is 12.7 Å². The topological polar surface area (TPSA) is 57.2 Å². The fourth-order valence-corrected chi connectivity index (χ4v) is 1.05. The van der Waals surface area contributed by atoms with Crippen molar-refractivity contribution >= 4 is 5.97 Å². The average molecular weight is 275 g/mol. The summed E-state index contributed by atoms with van der Waals surface area (Å²) in [5.41, 5.74) is 0. The van der Waals surface area contributed by atoms with Crippen LogP contribution >= 0.6 is 0 Å². The predicted molar refractivity (Wildman–Crippen MR) is 72.2 cm³/mol. The number of hydrogen-bond acceptors (Lipinski definition) is 6. The van der Waals surface area contributed by atoms with E-state index >= 15 is 0 Å². The molecule has 0 heterocycles. The highest BCUT2D eigenvalue weighted by atomic mass is 16.6. The van der Waals surface area contributed by atoms with Gasteiger partial charge in [-0.2, -0.15) is 0 Å². The summed E-state index contributed by atoms with van der Waals surface area (Å²) in [5.74, 6) is -0.435. The van der Waals surface area contributed by atoms with Gasteiger partial charge in [0.1, 0.15) is 6.61 Å². The first kappa shape index (κ1) is 18.0. The van der Waals surface area contributed by atoms with Crippen molar-refractivity contribution < 1.29 is 23.7 Å². The molecule has 0 saturated carbocycles. The van der Waals surface area contributed by atoms with Crippen LogP contribution in [-0.4, -0.2) is 77.8 Å². The van der Waals surface area contributed by atoms with Crippen LogP contribution in [0.2, 0.25) is 0 Å². The number of carbonyl (C=O) groups is 1. The van der Waals surface area contributed by atoms with Gasteiger partial charge >= 0.3 is 5.97 Å². The van der Waals surface area contributed by atoms with E-state index in [1.54, 1.807) is 0 Å². The molecule has 0 unspecified atom stereocenters. The molecular formula is C13H25NO5. The van der Waals surface area contributed by atoms with Gasteiger partial charge in [-0.15, -0.1) is 0 Å². The van der Waals surface area contributed by atoms with E-state index in [9.17, 15) is 4.79 Å². The highest BCUT2D eigenvalue weighted by Crippen LogP contribution is 1.84. The molecule has 0 bridgehead atoms. The van der Waals surface area contributed by atoms with Crippen molar-refractivity contribution in [2.45, 2.75) is 0 Å². The zero-order chi connectivity index (χ0) is 14.3. The van der Waals surface area contributed by atoms with Crippen LogP contribution in [0.4, 0.5) is 0 Å². The normalized spacial score (nSPS) is 10.7. The number of carbonyl (C=O) groups excluding carboxylic acids is 1. The molecule has 0 fully saturated rings. The third kappa shape index (κ3) is 15.0. The first-order valence-electron chi connectivity index (χ1n) is 6.34. The molecule has 0 aliphatic rings. The maximum absolute atomic E-state index is 10.7. The first-order chi connectivity index (χ1) is 9.16. The summed E-state index contributed by atoms with van der Waals surface area (Å²) < 4.78 is 20.6. The van der Waals surface area contributed by atoms with Crippen LogP contribution in [0, 0.1) is 0 Å². The van der Waals surface area contributed by atoms with Crippen LogP contribution in [-0.2, 0) is 23.7 Å². The minimum Gasteiger partial charge on any atom is -0.460 e. The molecule has 0 N–H and O–H groups in total. The number of nitrogens with zero attached hydrogens (tertiary/aromatic N) is 1. The van der Waals surface area contributed by atoms with Crippen LogP contribution in [0.25, 0.3) is 0 Å². The quantitative estimate of drug-likeness (QED) is 0.274. The predicted octanol–water partition coefficient (Wildman–Crippen LogP) is 0.327. The van der Waals surface area contributed by atoms with Gasteiger partial charge in [0.15, 0.2) is 0 Å². The molecule has 0 rings (SSSR count). The Labute approximate surface area is 115 Å². The van der Waals surface area contributed by atoms with Crippen LogP contribution in [0.1, 0.15) is 0 Å². The zero-order valence-electron chi connectivity index (χ0n) is 11.9. The number of likely N-dealkylation sites (N-methyl/N-ethyl adjacent to an activating group) is 1. The highest BCUT2D eigenvalue weighted by Gasteiger charge is 1.95. The molecule has 112 valence electrons. The number of rotatable bonds is 13. The molecule has 0 amide bonds. The van der Waals surface area contributed by atoms with Gasteiger partial charge in [0.25, 0.3) is 0 Å². The van der Waals surface area contributed by atoms with Gasteiger partial charge < -0.3 is 23.8 Å². The van der Waals surface area contributed by atoms with Crippen LogP contribution in [0.15, 0.2) is 12.7 Å². The lowest BCUT2D eigenvalue weighted by Crippen LogP contribution is -2.19. The maximum Gasteiger partial charge on any atom is 0.330 e. The third-order valence-corrected chi connectivity index (χ3v) is 2.07. The SMILES string of the molecule is C=CC(=O)OCCOCCOCCOCCN(C)C. The highest BCUT2D eigenvalue weighted by molar-refractivity contribution is 5.81. The van der Waals surface area contributed by atoms with E-state index in [4.69, 9.17) is 18.9 Å². The molecular weight excluding hydrogens is 250 g/mol. The largest absolute Gasteiger partial charge is 0.460 e. The van der Waals surface area contributed by atoms with Gasteiger partial charge in [0.2, 0.25) is 0 Å². The van der Waals surface area contributed by atoms with Gasteiger partial charge in [0, 0.05) is 12.6 Å². The number of ether oxygens (including phenoxy) is 4. The molecule has 0 aliphatic heterocycles. The van der Waals surface area contributed by atoms with Crippen LogP contribution in [0.3, 0.4) is 0 Å². The molecule has 0 saturated heterocycles. The van der Waals surface area contributed by atoms with E-state index in [1.165, 1.54) is 0 Å². The zero-order valence-corrected chi connectivity index (χ0v) is 11.9. The second-order valence-corrected chi connectivity index (χ2v) is 4.01. The fourth-order valence-electron chi connectivity index (χ4n) is 1.05. The second kappa shape index (κ2) is 13.5. The second-order valence-electron chi connectivity index (χ2n) is 4.01. The maximum atomic E-state index is 10.7. The monoisotopic (exact) mass is 275 g/mol. The Bertz CT molecular complexity index is 233. The third-order valence-electron chi connectivity index (χ3n) is 2.07. The first-order valence-corrected chi connectivity index (χ1v) is 6.34. The van der Waals surface area contributed by atoms with Crippen molar-refractivity contribution in [1.29, 1.82) is 0 Å².